The highest BCUT2D eigenvalue weighted by atomic mass is 35.5. The number of hydrogen-bond donors (Lipinski definition) is 1. The Kier molecular flexibility index (Phi) is 3.08. The van der Waals surface area contributed by atoms with Gasteiger partial charge in [0.15, 0.2) is 0 Å². The Hall–Kier alpha value is -0.860. The van der Waals surface area contributed by atoms with Crippen molar-refractivity contribution >= 4 is 11.6 Å². The molecule has 0 spiro atoms. The Balaban J connectivity index is 2.28. The molecule has 0 amide bonds. The van der Waals surface area contributed by atoms with Crippen LogP contribution in [0.3, 0.4) is 0 Å². The predicted octanol–water partition coefficient (Wildman–Crippen LogP) is 3.59. The summed E-state index contributed by atoms with van der Waals surface area (Å²) >= 11 is 5.96. The highest BCUT2D eigenvalue weighted by Gasteiger charge is 2.17. The molecule has 0 heterocycles. The van der Waals surface area contributed by atoms with Crippen LogP contribution in [0.25, 0.3) is 0 Å². The van der Waals surface area contributed by atoms with Crippen molar-refractivity contribution in [3.8, 4) is 0 Å². The Morgan fingerprint density at radius 2 is 2.20 bits per heavy atom. The van der Waals surface area contributed by atoms with Crippen LogP contribution in [0, 0.1) is 5.82 Å². The van der Waals surface area contributed by atoms with E-state index in [9.17, 15) is 4.39 Å². The lowest BCUT2D eigenvalue weighted by Crippen LogP contribution is -2.12. The zero-order valence-electron chi connectivity index (χ0n) is 8.34. The van der Waals surface area contributed by atoms with Crippen molar-refractivity contribution in [2.45, 2.75) is 25.3 Å². The first-order valence-electron chi connectivity index (χ1n) is 5.08. The van der Waals surface area contributed by atoms with E-state index in [0.717, 1.165) is 24.8 Å². The maximum Gasteiger partial charge on any atom is 0.124 e. The molecule has 1 aromatic carbocycles. The van der Waals surface area contributed by atoms with Gasteiger partial charge in [0.1, 0.15) is 5.82 Å². The van der Waals surface area contributed by atoms with E-state index in [1.54, 1.807) is 6.07 Å². The molecular weight excluding hydrogens is 213 g/mol. The smallest absolute Gasteiger partial charge is 0.124 e. The van der Waals surface area contributed by atoms with Gasteiger partial charge in [-0.15, -0.1) is 0 Å². The van der Waals surface area contributed by atoms with Crippen LogP contribution in [0.15, 0.2) is 29.8 Å². The van der Waals surface area contributed by atoms with Gasteiger partial charge >= 0.3 is 0 Å². The fourth-order valence-corrected chi connectivity index (χ4v) is 2.22. The maximum atomic E-state index is 12.8. The van der Waals surface area contributed by atoms with E-state index in [0.29, 0.717) is 5.02 Å². The Morgan fingerprint density at radius 1 is 1.40 bits per heavy atom. The topological polar surface area (TPSA) is 26.0 Å². The monoisotopic (exact) mass is 225 g/mol. The van der Waals surface area contributed by atoms with E-state index >= 15 is 0 Å². The second-order valence-electron chi connectivity index (χ2n) is 3.81. The molecule has 0 radical (unpaired) electrons. The van der Waals surface area contributed by atoms with Gasteiger partial charge in [-0.05, 0) is 37.0 Å². The minimum Gasteiger partial charge on any atom is -0.321 e. The molecule has 80 valence electrons. The van der Waals surface area contributed by atoms with Crippen LogP contribution in [-0.2, 0) is 0 Å². The first kappa shape index (κ1) is 10.7. The third-order valence-corrected chi connectivity index (χ3v) is 3.10. The van der Waals surface area contributed by atoms with Crippen molar-refractivity contribution in [2.75, 3.05) is 0 Å². The van der Waals surface area contributed by atoms with Crippen LogP contribution in [0.1, 0.15) is 30.9 Å². The number of halogens is 2. The second-order valence-corrected chi connectivity index (χ2v) is 4.22. The normalized spacial score (nSPS) is 17.7. The van der Waals surface area contributed by atoms with E-state index in [1.165, 1.54) is 17.7 Å². The van der Waals surface area contributed by atoms with Gasteiger partial charge < -0.3 is 5.73 Å². The van der Waals surface area contributed by atoms with Gasteiger partial charge in [-0.2, -0.15) is 0 Å². The Labute approximate surface area is 93.7 Å². The van der Waals surface area contributed by atoms with E-state index < -0.39 is 0 Å². The summed E-state index contributed by atoms with van der Waals surface area (Å²) in [5, 5.41) is 0.412. The van der Waals surface area contributed by atoms with E-state index in [4.69, 9.17) is 17.3 Å². The van der Waals surface area contributed by atoms with Crippen molar-refractivity contribution in [1.29, 1.82) is 0 Å². The number of allylic oxidation sites excluding steroid dienone is 1. The van der Waals surface area contributed by atoms with Gasteiger partial charge in [0.25, 0.3) is 0 Å². The zero-order chi connectivity index (χ0) is 10.8. The van der Waals surface area contributed by atoms with Gasteiger partial charge in [0.2, 0.25) is 0 Å². The summed E-state index contributed by atoms with van der Waals surface area (Å²) in [6.45, 7) is 0. The van der Waals surface area contributed by atoms with E-state index in [-0.39, 0.29) is 11.9 Å². The van der Waals surface area contributed by atoms with E-state index in [2.05, 4.69) is 6.08 Å². The SMILES string of the molecule is NC(C1=CCCC1)c1ccc(F)cc1Cl. The molecule has 0 saturated heterocycles. The third kappa shape index (κ3) is 2.21. The van der Waals surface area contributed by atoms with Gasteiger partial charge in [0, 0.05) is 5.02 Å². The zero-order valence-corrected chi connectivity index (χ0v) is 9.10. The first-order chi connectivity index (χ1) is 7.18. The van der Waals surface area contributed by atoms with Crippen LogP contribution < -0.4 is 5.73 Å². The molecular formula is C12H13ClFN. The molecule has 2 N–H and O–H groups in total. The molecule has 0 fully saturated rings. The molecule has 1 aliphatic carbocycles. The number of benzene rings is 1. The van der Waals surface area contributed by atoms with Crippen molar-refractivity contribution in [3.05, 3.63) is 46.3 Å². The standard InChI is InChI=1S/C12H13ClFN/c13-11-7-9(14)5-6-10(11)12(15)8-3-1-2-4-8/h3,5-7,12H,1-2,4,15H2. The molecule has 1 aliphatic rings. The minimum atomic E-state index is -0.323. The summed E-state index contributed by atoms with van der Waals surface area (Å²) in [6.07, 6.45) is 5.42. The molecule has 15 heavy (non-hydrogen) atoms. The molecule has 1 atom stereocenters. The molecule has 1 unspecified atom stereocenters. The molecule has 0 saturated carbocycles. The molecule has 0 aromatic heterocycles. The van der Waals surface area contributed by atoms with Crippen LogP contribution in [0.2, 0.25) is 5.02 Å². The molecule has 1 aromatic rings. The quantitative estimate of drug-likeness (QED) is 0.765. The third-order valence-electron chi connectivity index (χ3n) is 2.77. The van der Waals surface area contributed by atoms with Crippen LogP contribution in [-0.4, -0.2) is 0 Å². The summed E-state index contributed by atoms with van der Waals surface area (Å²) in [4.78, 5) is 0. The van der Waals surface area contributed by atoms with Crippen molar-refractivity contribution in [1.82, 2.24) is 0 Å². The molecule has 3 heteroatoms. The summed E-state index contributed by atoms with van der Waals surface area (Å²) < 4.78 is 12.8. The van der Waals surface area contributed by atoms with Gasteiger partial charge in [-0.3, -0.25) is 0 Å². The lowest BCUT2D eigenvalue weighted by molar-refractivity contribution is 0.626. The summed E-state index contributed by atoms with van der Waals surface area (Å²) in [5.74, 6) is -0.323. The van der Waals surface area contributed by atoms with Crippen molar-refractivity contribution in [3.63, 3.8) is 0 Å². The van der Waals surface area contributed by atoms with Crippen molar-refractivity contribution in [2.24, 2.45) is 5.73 Å². The van der Waals surface area contributed by atoms with Crippen LogP contribution in [0.4, 0.5) is 4.39 Å². The molecule has 0 aliphatic heterocycles. The number of hydrogen-bond acceptors (Lipinski definition) is 1. The maximum absolute atomic E-state index is 12.8. The van der Waals surface area contributed by atoms with Gasteiger partial charge in [0.05, 0.1) is 6.04 Å². The van der Waals surface area contributed by atoms with Gasteiger partial charge in [-0.25, -0.2) is 4.39 Å². The average Bonchev–Trinajstić information content (AvgIpc) is 2.69. The van der Waals surface area contributed by atoms with E-state index in [1.807, 2.05) is 0 Å². The number of rotatable bonds is 2. The lowest BCUT2D eigenvalue weighted by Gasteiger charge is -2.15. The average molecular weight is 226 g/mol. The Bertz CT molecular complexity index is 401. The molecule has 0 bridgehead atoms. The fourth-order valence-electron chi connectivity index (χ4n) is 1.93. The second kappa shape index (κ2) is 4.33. The Morgan fingerprint density at radius 3 is 2.80 bits per heavy atom. The van der Waals surface area contributed by atoms with Crippen LogP contribution >= 0.6 is 11.6 Å². The largest absolute Gasteiger partial charge is 0.321 e. The summed E-state index contributed by atoms with van der Waals surface area (Å²) in [6, 6.07) is 4.20. The summed E-state index contributed by atoms with van der Waals surface area (Å²) in [5.41, 5.74) is 8.10. The summed E-state index contributed by atoms with van der Waals surface area (Å²) in [7, 11) is 0. The first-order valence-corrected chi connectivity index (χ1v) is 5.46. The minimum absolute atomic E-state index is 0.180. The number of nitrogens with two attached hydrogens (primary N) is 1. The highest BCUT2D eigenvalue weighted by molar-refractivity contribution is 6.31. The van der Waals surface area contributed by atoms with Crippen LogP contribution in [0.5, 0.6) is 0 Å². The molecule has 1 nitrogen and oxygen atoms in total. The molecule has 2 rings (SSSR count). The highest BCUT2D eigenvalue weighted by Crippen LogP contribution is 2.32. The predicted molar refractivity (Wildman–Crippen MR) is 60.3 cm³/mol. The van der Waals surface area contributed by atoms with Crippen molar-refractivity contribution < 1.29 is 4.39 Å². The lowest BCUT2D eigenvalue weighted by atomic mass is 9.99. The van der Waals surface area contributed by atoms with Gasteiger partial charge in [-0.1, -0.05) is 29.3 Å². The fraction of sp³-hybridized carbons (Fsp3) is 0.333.